The monoisotopic (exact) mass is 466 g/mol. The standard InChI is InChI=1S/C27H34N2O5/c1-4-29(5-2)14-15-33-24-12-8-20(9-13-24)7-11-22(26(30)28-32)18-23-17-21-10-6-19(3)16-25(21)34-27(23)31/h6,8-10,12-13,16-17,22,32H,4-5,7,11,14-15,18H2,1-3H3,(H,28,30). The van der Waals surface area contributed by atoms with Gasteiger partial charge in [0.05, 0.1) is 0 Å². The van der Waals surface area contributed by atoms with Crippen LogP contribution in [-0.2, 0) is 17.6 Å². The number of nitrogens with zero attached hydrogens (tertiary/aromatic N) is 1. The predicted octanol–water partition coefficient (Wildman–Crippen LogP) is 4.12. The summed E-state index contributed by atoms with van der Waals surface area (Å²) in [4.78, 5) is 27.1. The van der Waals surface area contributed by atoms with E-state index >= 15 is 0 Å². The number of rotatable bonds is 12. The number of carbonyl (C=O) groups excluding carboxylic acids is 1. The molecule has 0 radical (unpaired) electrons. The van der Waals surface area contributed by atoms with Crippen molar-refractivity contribution in [2.45, 2.75) is 40.0 Å². The highest BCUT2D eigenvalue weighted by molar-refractivity contribution is 5.79. The molecule has 7 heteroatoms. The first-order valence-corrected chi connectivity index (χ1v) is 11.8. The van der Waals surface area contributed by atoms with E-state index < -0.39 is 17.5 Å². The number of likely N-dealkylation sites (N-methyl/N-ethyl adjacent to an activating group) is 1. The van der Waals surface area contributed by atoms with Crippen LogP contribution in [0.15, 0.2) is 57.7 Å². The molecule has 0 aliphatic rings. The fourth-order valence-corrected chi connectivity index (χ4v) is 4.01. The van der Waals surface area contributed by atoms with E-state index in [-0.39, 0.29) is 6.42 Å². The molecular weight excluding hydrogens is 432 g/mol. The highest BCUT2D eigenvalue weighted by Gasteiger charge is 2.21. The second kappa shape index (κ2) is 12.3. The maximum atomic E-state index is 12.5. The lowest BCUT2D eigenvalue weighted by atomic mass is 9.92. The van der Waals surface area contributed by atoms with Gasteiger partial charge in [0.2, 0.25) is 5.91 Å². The average molecular weight is 467 g/mol. The van der Waals surface area contributed by atoms with Crippen molar-refractivity contribution in [3.8, 4) is 5.75 Å². The van der Waals surface area contributed by atoms with Crippen LogP contribution in [0.4, 0.5) is 0 Å². The smallest absolute Gasteiger partial charge is 0.339 e. The Morgan fingerprint density at radius 2 is 1.85 bits per heavy atom. The van der Waals surface area contributed by atoms with E-state index in [9.17, 15) is 14.8 Å². The van der Waals surface area contributed by atoms with Gasteiger partial charge in [0.25, 0.3) is 0 Å². The normalized spacial score (nSPS) is 12.1. The van der Waals surface area contributed by atoms with Crippen LogP contribution >= 0.6 is 0 Å². The molecule has 1 aromatic heterocycles. The van der Waals surface area contributed by atoms with Gasteiger partial charge in [-0.1, -0.05) is 38.1 Å². The average Bonchev–Trinajstić information content (AvgIpc) is 2.85. The van der Waals surface area contributed by atoms with Crippen molar-refractivity contribution >= 4 is 16.9 Å². The summed E-state index contributed by atoms with van der Waals surface area (Å²) >= 11 is 0. The second-order valence-corrected chi connectivity index (χ2v) is 8.54. The molecule has 1 amide bonds. The Morgan fingerprint density at radius 3 is 2.53 bits per heavy atom. The van der Waals surface area contributed by atoms with E-state index in [0.29, 0.717) is 30.6 Å². The molecule has 1 atom stereocenters. The van der Waals surface area contributed by atoms with E-state index in [1.54, 1.807) is 11.5 Å². The summed E-state index contributed by atoms with van der Waals surface area (Å²) in [5, 5.41) is 10.0. The van der Waals surface area contributed by atoms with Crippen molar-refractivity contribution in [1.29, 1.82) is 0 Å². The number of hydrogen-bond donors (Lipinski definition) is 2. The van der Waals surface area contributed by atoms with Gasteiger partial charge in [0, 0.05) is 23.4 Å². The Morgan fingerprint density at radius 1 is 1.12 bits per heavy atom. The van der Waals surface area contributed by atoms with Crippen molar-refractivity contribution in [2.75, 3.05) is 26.2 Å². The number of nitrogens with one attached hydrogen (secondary N) is 1. The summed E-state index contributed by atoms with van der Waals surface area (Å²) in [7, 11) is 0. The molecule has 1 unspecified atom stereocenters. The van der Waals surface area contributed by atoms with E-state index in [2.05, 4.69) is 18.7 Å². The molecule has 3 rings (SSSR count). The molecule has 182 valence electrons. The maximum Gasteiger partial charge on any atom is 0.339 e. The fraction of sp³-hybridized carbons (Fsp3) is 0.407. The van der Waals surface area contributed by atoms with Gasteiger partial charge in [-0.2, -0.15) is 0 Å². The van der Waals surface area contributed by atoms with Crippen LogP contribution < -0.4 is 15.8 Å². The molecule has 0 saturated carbocycles. The highest BCUT2D eigenvalue weighted by Crippen LogP contribution is 2.20. The fourth-order valence-electron chi connectivity index (χ4n) is 4.01. The van der Waals surface area contributed by atoms with Crippen LogP contribution in [0.3, 0.4) is 0 Å². The van der Waals surface area contributed by atoms with Crippen molar-refractivity contribution in [3.05, 3.63) is 75.6 Å². The van der Waals surface area contributed by atoms with E-state index in [1.807, 2.05) is 49.4 Å². The molecule has 0 spiro atoms. The molecule has 2 aromatic carbocycles. The third-order valence-corrected chi connectivity index (χ3v) is 6.19. The van der Waals surface area contributed by atoms with Crippen LogP contribution in [0.5, 0.6) is 5.75 Å². The van der Waals surface area contributed by atoms with E-state index in [1.165, 1.54) is 0 Å². The zero-order chi connectivity index (χ0) is 24.5. The quantitative estimate of drug-likeness (QED) is 0.237. The maximum absolute atomic E-state index is 12.5. The second-order valence-electron chi connectivity index (χ2n) is 8.54. The van der Waals surface area contributed by atoms with Crippen LogP contribution in [0, 0.1) is 12.8 Å². The number of amides is 1. The highest BCUT2D eigenvalue weighted by atomic mass is 16.5. The van der Waals surface area contributed by atoms with Crippen LogP contribution in [0.2, 0.25) is 0 Å². The topological polar surface area (TPSA) is 92.0 Å². The number of benzene rings is 2. The number of hydrogen-bond acceptors (Lipinski definition) is 6. The first-order chi connectivity index (χ1) is 16.4. The molecule has 0 bridgehead atoms. The predicted molar refractivity (Wildman–Crippen MR) is 132 cm³/mol. The van der Waals surface area contributed by atoms with Gasteiger partial charge in [-0.3, -0.25) is 10.0 Å². The van der Waals surface area contributed by atoms with Gasteiger partial charge < -0.3 is 14.1 Å². The van der Waals surface area contributed by atoms with Crippen molar-refractivity contribution in [1.82, 2.24) is 10.4 Å². The Balaban J connectivity index is 1.62. The number of carbonyl (C=O) groups is 1. The summed E-state index contributed by atoms with van der Waals surface area (Å²) in [5.74, 6) is -0.273. The van der Waals surface area contributed by atoms with Crippen molar-refractivity contribution in [3.63, 3.8) is 0 Å². The number of hydroxylamine groups is 1. The van der Waals surface area contributed by atoms with Gasteiger partial charge >= 0.3 is 5.63 Å². The first kappa shape index (κ1) is 25.5. The van der Waals surface area contributed by atoms with Crippen LogP contribution in [0.1, 0.15) is 37.0 Å². The summed E-state index contributed by atoms with van der Waals surface area (Å²) in [6.45, 7) is 9.72. The van der Waals surface area contributed by atoms with Gasteiger partial charge in [-0.15, -0.1) is 0 Å². The Labute approximate surface area is 200 Å². The lowest BCUT2D eigenvalue weighted by Crippen LogP contribution is -2.31. The minimum Gasteiger partial charge on any atom is -0.492 e. The summed E-state index contributed by atoms with van der Waals surface area (Å²) < 4.78 is 11.3. The minimum atomic E-state index is -0.569. The molecule has 0 fully saturated rings. The largest absolute Gasteiger partial charge is 0.492 e. The zero-order valence-corrected chi connectivity index (χ0v) is 20.2. The molecule has 7 nitrogen and oxygen atoms in total. The van der Waals surface area contributed by atoms with Crippen molar-refractivity contribution < 1.29 is 19.2 Å². The molecule has 34 heavy (non-hydrogen) atoms. The van der Waals surface area contributed by atoms with Crippen molar-refractivity contribution in [2.24, 2.45) is 5.92 Å². The third kappa shape index (κ3) is 6.92. The number of ether oxygens (including phenoxy) is 1. The van der Waals surface area contributed by atoms with Crippen LogP contribution in [-0.4, -0.2) is 42.3 Å². The third-order valence-electron chi connectivity index (χ3n) is 6.19. The molecule has 2 N–H and O–H groups in total. The lowest BCUT2D eigenvalue weighted by Gasteiger charge is -2.18. The molecular formula is C27H34N2O5. The van der Waals surface area contributed by atoms with Gasteiger partial charge in [-0.05, 0) is 74.7 Å². The molecule has 0 aliphatic heterocycles. The Hall–Kier alpha value is -3.16. The summed E-state index contributed by atoms with van der Waals surface area (Å²) in [6.07, 6.45) is 1.28. The zero-order valence-electron chi connectivity index (χ0n) is 20.2. The number of aryl methyl sites for hydroxylation is 2. The number of fused-ring (bicyclic) bond motifs is 1. The lowest BCUT2D eigenvalue weighted by molar-refractivity contribution is -0.133. The van der Waals surface area contributed by atoms with E-state index in [0.717, 1.165) is 41.9 Å². The molecule has 0 saturated heterocycles. The van der Waals surface area contributed by atoms with Crippen LogP contribution in [0.25, 0.3) is 11.0 Å². The van der Waals surface area contributed by atoms with Gasteiger partial charge in [0.1, 0.15) is 17.9 Å². The van der Waals surface area contributed by atoms with E-state index in [4.69, 9.17) is 9.15 Å². The summed E-state index contributed by atoms with van der Waals surface area (Å²) in [6, 6.07) is 15.2. The SMILES string of the molecule is CCN(CC)CCOc1ccc(CCC(Cc2cc3ccc(C)cc3oc2=O)C(=O)NO)cc1. The molecule has 0 aliphatic carbocycles. The molecule has 1 heterocycles. The van der Waals surface area contributed by atoms with Gasteiger partial charge in [-0.25, -0.2) is 10.3 Å². The summed E-state index contributed by atoms with van der Waals surface area (Å²) in [5.41, 5.74) is 4.28. The Bertz CT molecular complexity index is 1140. The van der Waals surface area contributed by atoms with Gasteiger partial charge in [0.15, 0.2) is 0 Å². The molecule has 3 aromatic rings. The first-order valence-electron chi connectivity index (χ1n) is 11.8. The Kier molecular flexibility index (Phi) is 9.24. The minimum absolute atomic E-state index is 0.186.